The Morgan fingerprint density at radius 2 is 2.25 bits per heavy atom. The van der Waals surface area contributed by atoms with Crippen LogP contribution in [0.5, 0.6) is 0 Å². The zero-order valence-electron chi connectivity index (χ0n) is 13.7. The van der Waals surface area contributed by atoms with Crippen LogP contribution in [0.2, 0.25) is 0 Å². The van der Waals surface area contributed by atoms with Crippen LogP contribution in [0.1, 0.15) is 36.7 Å². The zero-order valence-corrected chi connectivity index (χ0v) is 13.7. The van der Waals surface area contributed by atoms with Crippen LogP contribution in [0, 0.1) is 12.7 Å². The number of nitrogens with zero attached hydrogens (tertiary/aromatic N) is 3. The third-order valence-corrected chi connectivity index (χ3v) is 4.68. The normalized spacial score (nSPS) is 17.2. The number of aromatic amines is 1. The first-order chi connectivity index (χ1) is 11.6. The topological polar surface area (TPSA) is 58.0 Å². The Labute approximate surface area is 139 Å². The second-order valence-corrected chi connectivity index (χ2v) is 6.22. The Balaban J connectivity index is 1.55. The second-order valence-electron chi connectivity index (χ2n) is 6.22. The van der Waals surface area contributed by atoms with Crippen LogP contribution in [-0.2, 0) is 0 Å². The molecule has 5 nitrogen and oxygen atoms in total. The van der Waals surface area contributed by atoms with Gasteiger partial charge in [-0.15, -0.1) is 0 Å². The van der Waals surface area contributed by atoms with Gasteiger partial charge in [0.15, 0.2) is 5.82 Å². The van der Waals surface area contributed by atoms with Crippen LogP contribution in [0.4, 0.5) is 4.39 Å². The number of hydrogen-bond acceptors (Lipinski definition) is 4. The summed E-state index contributed by atoms with van der Waals surface area (Å²) in [6, 6.07) is 4.98. The van der Waals surface area contributed by atoms with Crippen molar-refractivity contribution in [3.63, 3.8) is 0 Å². The maximum Gasteiger partial charge on any atom is 0.243 e. The number of fused-ring (bicyclic) bond motifs is 1. The highest BCUT2D eigenvalue weighted by Gasteiger charge is 2.24. The van der Waals surface area contributed by atoms with Crippen LogP contribution in [0.3, 0.4) is 0 Å². The predicted molar refractivity (Wildman–Crippen MR) is 89.9 cm³/mol. The molecule has 1 unspecified atom stereocenters. The minimum absolute atomic E-state index is 0.0982. The summed E-state index contributed by atoms with van der Waals surface area (Å²) in [5.41, 5.74) is 3.28. The number of benzene rings is 1. The third kappa shape index (κ3) is 2.63. The Morgan fingerprint density at radius 1 is 1.38 bits per heavy atom. The van der Waals surface area contributed by atoms with Crippen LogP contribution < -0.4 is 0 Å². The highest BCUT2D eigenvalue weighted by molar-refractivity contribution is 5.92. The fourth-order valence-electron chi connectivity index (χ4n) is 3.28. The van der Waals surface area contributed by atoms with Crippen LogP contribution in [0.15, 0.2) is 35.0 Å². The quantitative estimate of drug-likeness (QED) is 0.794. The van der Waals surface area contributed by atoms with Gasteiger partial charge in [0.05, 0.1) is 6.04 Å². The zero-order chi connectivity index (χ0) is 16.7. The summed E-state index contributed by atoms with van der Waals surface area (Å²) in [5, 5.41) is 4.93. The highest BCUT2D eigenvalue weighted by Crippen LogP contribution is 2.31. The summed E-state index contributed by atoms with van der Waals surface area (Å²) in [6.07, 6.45) is 5.13. The molecule has 0 radical (unpaired) electrons. The first kappa shape index (κ1) is 15.1. The molecule has 1 aromatic carbocycles. The van der Waals surface area contributed by atoms with Gasteiger partial charge in [0, 0.05) is 35.8 Å². The largest absolute Gasteiger partial charge is 0.360 e. The van der Waals surface area contributed by atoms with Crippen molar-refractivity contribution >= 4 is 16.5 Å². The molecule has 24 heavy (non-hydrogen) atoms. The molecule has 1 aliphatic rings. The lowest BCUT2D eigenvalue weighted by Crippen LogP contribution is -2.31. The van der Waals surface area contributed by atoms with E-state index in [1.807, 2.05) is 19.2 Å². The van der Waals surface area contributed by atoms with Gasteiger partial charge in [0.25, 0.3) is 0 Å². The molecular formula is C18H19FN4O. The second kappa shape index (κ2) is 5.87. The summed E-state index contributed by atoms with van der Waals surface area (Å²) in [5.74, 6) is 1.10. The van der Waals surface area contributed by atoms with Crippen molar-refractivity contribution in [3.05, 3.63) is 53.6 Å². The van der Waals surface area contributed by atoms with E-state index >= 15 is 0 Å². The summed E-state index contributed by atoms with van der Waals surface area (Å²) in [7, 11) is 0. The fraction of sp³-hybridized carbons (Fsp3) is 0.333. The molecular weight excluding hydrogens is 307 g/mol. The van der Waals surface area contributed by atoms with Crippen molar-refractivity contribution in [1.29, 1.82) is 0 Å². The molecule has 0 saturated carbocycles. The van der Waals surface area contributed by atoms with E-state index < -0.39 is 0 Å². The molecule has 3 aromatic rings. The van der Waals surface area contributed by atoms with Crippen LogP contribution in [-0.4, -0.2) is 33.1 Å². The monoisotopic (exact) mass is 326 g/mol. The number of hydrogen-bond donors (Lipinski definition) is 1. The Kier molecular flexibility index (Phi) is 3.69. The number of rotatable bonds is 3. The molecule has 4 rings (SSSR count). The molecule has 0 saturated heterocycles. The van der Waals surface area contributed by atoms with Gasteiger partial charge in [-0.1, -0.05) is 11.2 Å². The number of aromatic nitrogens is 3. The molecule has 0 fully saturated rings. The smallest absolute Gasteiger partial charge is 0.243 e. The molecule has 2 aromatic heterocycles. The highest BCUT2D eigenvalue weighted by atomic mass is 19.1. The standard InChI is InChI=1S/C18H19FN4O/c1-11(18-21-12(2)22-24-18)23-7-5-13(6-8-23)16-10-20-17-9-14(19)3-4-15(16)17/h3-5,9-11,20H,6-8H2,1-2H3. The van der Waals surface area contributed by atoms with Gasteiger partial charge in [-0.3, -0.25) is 4.90 Å². The first-order valence-electron chi connectivity index (χ1n) is 8.12. The van der Waals surface area contributed by atoms with Crippen molar-refractivity contribution in [2.24, 2.45) is 0 Å². The number of halogens is 1. The lowest BCUT2D eigenvalue weighted by Gasteiger charge is -2.29. The minimum Gasteiger partial charge on any atom is -0.360 e. The Hall–Kier alpha value is -2.47. The lowest BCUT2D eigenvalue weighted by molar-refractivity contribution is 0.189. The van der Waals surface area contributed by atoms with E-state index in [1.165, 1.54) is 17.7 Å². The summed E-state index contributed by atoms with van der Waals surface area (Å²) >= 11 is 0. The average molecular weight is 326 g/mol. The molecule has 0 aliphatic carbocycles. The molecule has 1 N–H and O–H groups in total. The van der Waals surface area contributed by atoms with Crippen molar-refractivity contribution in [1.82, 2.24) is 20.0 Å². The number of nitrogens with one attached hydrogen (secondary N) is 1. The van der Waals surface area contributed by atoms with Gasteiger partial charge >= 0.3 is 0 Å². The Morgan fingerprint density at radius 3 is 2.96 bits per heavy atom. The predicted octanol–water partition coefficient (Wildman–Crippen LogP) is 3.85. The number of H-pyrrole nitrogens is 1. The summed E-state index contributed by atoms with van der Waals surface area (Å²) in [6.45, 7) is 5.65. The van der Waals surface area contributed by atoms with E-state index in [9.17, 15) is 4.39 Å². The maximum absolute atomic E-state index is 13.3. The SMILES string of the molecule is Cc1noc(C(C)N2CC=C(c3c[nH]c4cc(F)ccc34)CC2)n1. The van der Waals surface area contributed by atoms with Gasteiger partial charge in [0.1, 0.15) is 5.82 Å². The van der Waals surface area contributed by atoms with E-state index in [-0.39, 0.29) is 11.9 Å². The first-order valence-corrected chi connectivity index (χ1v) is 8.12. The van der Waals surface area contributed by atoms with Crippen molar-refractivity contribution in [2.45, 2.75) is 26.3 Å². The van der Waals surface area contributed by atoms with Crippen LogP contribution in [0.25, 0.3) is 16.5 Å². The molecule has 3 heterocycles. The van der Waals surface area contributed by atoms with Gasteiger partial charge < -0.3 is 9.51 Å². The van der Waals surface area contributed by atoms with Gasteiger partial charge in [-0.2, -0.15) is 4.98 Å². The lowest BCUT2D eigenvalue weighted by atomic mass is 9.98. The number of aryl methyl sites for hydroxylation is 1. The third-order valence-electron chi connectivity index (χ3n) is 4.68. The van der Waals surface area contributed by atoms with E-state index in [2.05, 4.69) is 33.0 Å². The molecule has 1 atom stereocenters. The van der Waals surface area contributed by atoms with E-state index in [0.29, 0.717) is 11.7 Å². The Bertz CT molecular complexity index is 911. The van der Waals surface area contributed by atoms with Crippen LogP contribution >= 0.6 is 0 Å². The summed E-state index contributed by atoms with van der Waals surface area (Å²) < 4.78 is 18.6. The van der Waals surface area contributed by atoms with Gasteiger partial charge in [-0.05, 0) is 44.0 Å². The maximum atomic E-state index is 13.3. The fourth-order valence-corrected chi connectivity index (χ4v) is 3.28. The molecule has 6 heteroatoms. The molecule has 0 spiro atoms. The van der Waals surface area contributed by atoms with E-state index in [1.54, 1.807) is 0 Å². The van der Waals surface area contributed by atoms with E-state index in [0.717, 1.165) is 36.0 Å². The van der Waals surface area contributed by atoms with Crippen molar-refractivity contribution in [2.75, 3.05) is 13.1 Å². The molecule has 1 aliphatic heterocycles. The van der Waals surface area contributed by atoms with Crippen molar-refractivity contribution in [3.8, 4) is 0 Å². The molecule has 0 amide bonds. The average Bonchev–Trinajstić information content (AvgIpc) is 3.20. The minimum atomic E-state index is -0.219. The molecule has 0 bridgehead atoms. The molecule has 124 valence electrons. The van der Waals surface area contributed by atoms with Crippen molar-refractivity contribution < 1.29 is 8.91 Å². The van der Waals surface area contributed by atoms with Gasteiger partial charge in [0.2, 0.25) is 5.89 Å². The summed E-state index contributed by atoms with van der Waals surface area (Å²) in [4.78, 5) is 9.79. The van der Waals surface area contributed by atoms with E-state index in [4.69, 9.17) is 4.52 Å². The van der Waals surface area contributed by atoms with Gasteiger partial charge in [-0.25, -0.2) is 4.39 Å².